The lowest BCUT2D eigenvalue weighted by molar-refractivity contribution is 0.0950. The summed E-state index contributed by atoms with van der Waals surface area (Å²) in [6.45, 7) is 2.56. The van der Waals surface area contributed by atoms with E-state index in [1.165, 1.54) is 6.07 Å². The molecule has 0 fully saturated rings. The Bertz CT molecular complexity index is 904. The zero-order valence-corrected chi connectivity index (χ0v) is 14.7. The Morgan fingerprint density at radius 1 is 1.19 bits per heavy atom. The monoisotopic (exact) mass is 353 g/mol. The largest absolute Gasteiger partial charge is 0.380 e. The number of amides is 1. The van der Waals surface area contributed by atoms with Gasteiger partial charge in [-0.15, -0.1) is 0 Å². The Hall–Kier alpha value is -2.99. The molecule has 0 spiro atoms. The molecule has 1 aromatic heterocycles. The van der Waals surface area contributed by atoms with Crippen LogP contribution in [0.15, 0.2) is 54.9 Å². The number of aromatic nitrogens is 2. The molecule has 0 aliphatic carbocycles. The van der Waals surface area contributed by atoms with Crippen molar-refractivity contribution in [2.75, 3.05) is 7.11 Å². The maximum Gasteiger partial charge on any atom is 0.251 e. The molecule has 0 unspecified atom stereocenters. The zero-order valence-electron chi connectivity index (χ0n) is 14.7. The number of nitrogens with one attached hydrogen (secondary N) is 1. The highest BCUT2D eigenvalue weighted by atomic mass is 19.1. The van der Waals surface area contributed by atoms with Gasteiger partial charge in [0.1, 0.15) is 11.6 Å². The predicted octanol–water partition coefficient (Wildman–Crippen LogP) is 3.40. The Morgan fingerprint density at radius 3 is 2.54 bits per heavy atom. The van der Waals surface area contributed by atoms with Crippen LogP contribution in [0.3, 0.4) is 0 Å². The quantitative estimate of drug-likeness (QED) is 0.739. The number of aryl methyl sites for hydroxylation is 1. The number of hydrogen-bond donors (Lipinski definition) is 1. The molecule has 2 aromatic carbocycles. The molecule has 0 radical (unpaired) electrons. The number of carbonyl (C=O) groups excluding carboxylic acids is 1. The van der Waals surface area contributed by atoms with E-state index in [1.807, 2.05) is 19.1 Å². The van der Waals surface area contributed by atoms with Crippen molar-refractivity contribution in [3.05, 3.63) is 83.2 Å². The van der Waals surface area contributed by atoms with Crippen LogP contribution in [-0.2, 0) is 17.9 Å². The second kappa shape index (κ2) is 7.93. The van der Waals surface area contributed by atoms with E-state index in [1.54, 1.807) is 48.3 Å². The van der Waals surface area contributed by atoms with Gasteiger partial charge in [0.15, 0.2) is 0 Å². The van der Waals surface area contributed by atoms with Crippen LogP contribution < -0.4 is 5.32 Å². The van der Waals surface area contributed by atoms with E-state index in [9.17, 15) is 9.18 Å². The third-order valence-corrected chi connectivity index (χ3v) is 4.08. The third-order valence-electron chi connectivity index (χ3n) is 4.08. The topological polar surface area (TPSA) is 56.1 Å². The number of imidazole rings is 1. The van der Waals surface area contributed by atoms with Crippen molar-refractivity contribution in [1.82, 2.24) is 14.9 Å². The van der Waals surface area contributed by atoms with Crippen molar-refractivity contribution in [1.29, 1.82) is 0 Å². The van der Waals surface area contributed by atoms with E-state index in [0.717, 1.165) is 5.56 Å². The molecular formula is C20H20FN3O2. The van der Waals surface area contributed by atoms with Gasteiger partial charge in [0.25, 0.3) is 5.91 Å². The molecule has 6 heteroatoms. The number of rotatable bonds is 6. The van der Waals surface area contributed by atoms with Crippen LogP contribution in [0.2, 0.25) is 0 Å². The summed E-state index contributed by atoms with van der Waals surface area (Å²) in [5.41, 5.74) is 2.67. The second-order valence-corrected chi connectivity index (χ2v) is 5.94. The number of nitrogens with zero attached hydrogens (tertiary/aromatic N) is 2. The molecule has 0 aliphatic rings. The molecule has 3 aromatic rings. The van der Waals surface area contributed by atoms with Gasteiger partial charge in [-0.2, -0.15) is 0 Å². The molecule has 0 bridgehead atoms. The maximum absolute atomic E-state index is 14.4. The van der Waals surface area contributed by atoms with Gasteiger partial charge < -0.3 is 14.6 Å². The highest BCUT2D eigenvalue weighted by molar-refractivity contribution is 5.94. The summed E-state index contributed by atoms with van der Waals surface area (Å²) < 4.78 is 21.1. The minimum atomic E-state index is -0.359. The predicted molar refractivity (Wildman–Crippen MR) is 96.6 cm³/mol. The molecule has 5 nitrogen and oxygen atoms in total. The normalized spacial score (nSPS) is 10.7. The van der Waals surface area contributed by atoms with Crippen LogP contribution in [0.5, 0.6) is 0 Å². The number of benzene rings is 2. The van der Waals surface area contributed by atoms with Gasteiger partial charge in [-0.1, -0.05) is 18.2 Å². The van der Waals surface area contributed by atoms with Crippen LogP contribution in [-0.4, -0.2) is 22.6 Å². The van der Waals surface area contributed by atoms with Crippen molar-refractivity contribution >= 4 is 5.91 Å². The van der Waals surface area contributed by atoms with E-state index in [2.05, 4.69) is 10.3 Å². The van der Waals surface area contributed by atoms with E-state index >= 15 is 0 Å². The van der Waals surface area contributed by atoms with E-state index in [4.69, 9.17) is 4.74 Å². The summed E-state index contributed by atoms with van der Waals surface area (Å²) in [7, 11) is 1.62. The fourth-order valence-corrected chi connectivity index (χ4v) is 2.69. The van der Waals surface area contributed by atoms with Crippen LogP contribution in [0.25, 0.3) is 5.69 Å². The van der Waals surface area contributed by atoms with Crippen LogP contribution in [0.1, 0.15) is 27.3 Å². The van der Waals surface area contributed by atoms with Gasteiger partial charge in [0, 0.05) is 31.6 Å². The molecule has 1 heterocycles. The Labute approximate surface area is 151 Å². The van der Waals surface area contributed by atoms with Crippen molar-refractivity contribution in [2.24, 2.45) is 0 Å². The van der Waals surface area contributed by atoms with Crippen LogP contribution >= 0.6 is 0 Å². The summed E-state index contributed by atoms with van der Waals surface area (Å²) in [5.74, 6) is 0.146. The number of methoxy groups -OCH3 is 1. The summed E-state index contributed by atoms with van der Waals surface area (Å²) >= 11 is 0. The number of ether oxygens (including phenoxy) is 1. The fourth-order valence-electron chi connectivity index (χ4n) is 2.69. The third kappa shape index (κ3) is 3.97. The second-order valence-electron chi connectivity index (χ2n) is 5.94. The fraction of sp³-hybridized carbons (Fsp3) is 0.200. The van der Waals surface area contributed by atoms with Crippen LogP contribution in [0, 0.1) is 12.7 Å². The molecule has 0 aliphatic heterocycles. The number of halogens is 1. The lowest BCUT2D eigenvalue weighted by Gasteiger charge is -2.10. The van der Waals surface area contributed by atoms with Crippen molar-refractivity contribution in [3.8, 4) is 5.69 Å². The molecule has 0 saturated heterocycles. The average molecular weight is 353 g/mol. The molecule has 3 rings (SSSR count). The first kappa shape index (κ1) is 17.8. The minimum absolute atomic E-state index is 0.205. The SMILES string of the molecule is COCc1ccc(C(=O)NCc2ccc(-n3ccnc3C)c(F)c2)cc1. The summed E-state index contributed by atoms with van der Waals surface area (Å²) in [4.78, 5) is 16.3. The molecule has 134 valence electrons. The first-order valence-electron chi connectivity index (χ1n) is 8.23. The first-order chi connectivity index (χ1) is 12.6. The average Bonchev–Trinajstić information content (AvgIpc) is 3.06. The van der Waals surface area contributed by atoms with E-state index < -0.39 is 0 Å². The summed E-state index contributed by atoms with van der Waals surface area (Å²) in [6, 6.07) is 12.1. The zero-order chi connectivity index (χ0) is 18.5. The summed E-state index contributed by atoms with van der Waals surface area (Å²) in [5, 5.41) is 2.80. The smallest absolute Gasteiger partial charge is 0.251 e. The molecule has 0 saturated carbocycles. The Kier molecular flexibility index (Phi) is 5.43. The lowest BCUT2D eigenvalue weighted by atomic mass is 10.1. The molecule has 0 atom stereocenters. The van der Waals surface area contributed by atoms with Crippen molar-refractivity contribution in [3.63, 3.8) is 0 Å². The molecule has 1 amide bonds. The maximum atomic E-state index is 14.4. The van der Waals surface area contributed by atoms with Gasteiger partial charge in [-0.05, 0) is 42.3 Å². The number of carbonyl (C=O) groups is 1. The molecule has 26 heavy (non-hydrogen) atoms. The van der Waals surface area contributed by atoms with Gasteiger partial charge in [0.05, 0.1) is 12.3 Å². The Morgan fingerprint density at radius 2 is 1.92 bits per heavy atom. The highest BCUT2D eigenvalue weighted by Crippen LogP contribution is 2.17. The standard InChI is InChI=1S/C20H20FN3O2/c1-14-22-9-10-24(14)19-8-5-16(11-18(19)21)12-23-20(25)17-6-3-15(4-7-17)13-26-2/h3-11H,12-13H2,1-2H3,(H,23,25). The van der Waals surface area contributed by atoms with E-state index in [0.29, 0.717) is 29.2 Å². The Balaban J connectivity index is 1.65. The van der Waals surface area contributed by atoms with Gasteiger partial charge in [-0.25, -0.2) is 9.37 Å². The highest BCUT2D eigenvalue weighted by Gasteiger charge is 2.09. The summed E-state index contributed by atoms with van der Waals surface area (Å²) in [6.07, 6.45) is 3.34. The first-order valence-corrected chi connectivity index (χ1v) is 8.23. The number of hydrogen-bond acceptors (Lipinski definition) is 3. The van der Waals surface area contributed by atoms with Crippen LogP contribution in [0.4, 0.5) is 4.39 Å². The van der Waals surface area contributed by atoms with E-state index in [-0.39, 0.29) is 18.3 Å². The van der Waals surface area contributed by atoms with Crippen molar-refractivity contribution in [2.45, 2.75) is 20.1 Å². The van der Waals surface area contributed by atoms with Gasteiger partial charge in [0.2, 0.25) is 0 Å². The van der Waals surface area contributed by atoms with Gasteiger partial charge in [-0.3, -0.25) is 4.79 Å². The lowest BCUT2D eigenvalue weighted by Crippen LogP contribution is -2.22. The van der Waals surface area contributed by atoms with Crippen molar-refractivity contribution < 1.29 is 13.9 Å². The molecule has 1 N–H and O–H groups in total. The molecular weight excluding hydrogens is 333 g/mol. The minimum Gasteiger partial charge on any atom is -0.380 e. The van der Waals surface area contributed by atoms with Gasteiger partial charge >= 0.3 is 0 Å².